The molecule has 1 aromatic heterocycles. The maximum absolute atomic E-state index is 13.4. The van der Waals surface area contributed by atoms with Crippen molar-refractivity contribution in [3.63, 3.8) is 0 Å². The Morgan fingerprint density at radius 3 is 2.50 bits per heavy atom. The number of hydrogen-bond donors (Lipinski definition) is 2. The van der Waals surface area contributed by atoms with Gasteiger partial charge in [-0.1, -0.05) is 12.1 Å². The maximum atomic E-state index is 13.4. The Bertz CT molecular complexity index is 1150. The second-order valence-corrected chi connectivity index (χ2v) is 7.40. The van der Waals surface area contributed by atoms with E-state index in [2.05, 4.69) is 15.5 Å². The Morgan fingerprint density at radius 1 is 1.03 bits per heavy atom. The molecule has 2 N–H and O–H groups in total. The summed E-state index contributed by atoms with van der Waals surface area (Å²) in [4.78, 5) is 25.7. The zero-order valence-electron chi connectivity index (χ0n) is 17.3. The molecule has 7 nitrogen and oxygen atoms in total. The summed E-state index contributed by atoms with van der Waals surface area (Å²) in [7, 11) is 3.14. The standard InChI is InChI=1S/C23H23N3O4/c1-12-5-6-15(9-13(12)2)22(28)16-11-19(27)24-23-20(16)21(25-26-23)14-7-8-17(29-3)18(10-14)30-4/h5-10,16H,11H2,1-4H3,(H2,24,25,26,27). The van der Waals surface area contributed by atoms with E-state index >= 15 is 0 Å². The molecule has 0 fully saturated rings. The summed E-state index contributed by atoms with van der Waals surface area (Å²) in [5.41, 5.74) is 4.88. The molecule has 4 rings (SSSR count). The van der Waals surface area contributed by atoms with Crippen LogP contribution in [0.3, 0.4) is 0 Å². The zero-order valence-corrected chi connectivity index (χ0v) is 17.3. The molecule has 1 aliphatic heterocycles. The number of benzene rings is 2. The molecule has 2 aromatic carbocycles. The molecule has 0 spiro atoms. The molecule has 30 heavy (non-hydrogen) atoms. The van der Waals surface area contributed by atoms with E-state index in [4.69, 9.17) is 9.47 Å². The van der Waals surface area contributed by atoms with Gasteiger partial charge in [-0.15, -0.1) is 0 Å². The molecule has 2 heterocycles. The van der Waals surface area contributed by atoms with Crippen molar-refractivity contribution in [3.8, 4) is 22.8 Å². The monoisotopic (exact) mass is 405 g/mol. The van der Waals surface area contributed by atoms with Crippen molar-refractivity contribution in [3.05, 3.63) is 58.7 Å². The number of ketones is 1. The van der Waals surface area contributed by atoms with Crippen molar-refractivity contribution in [2.45, 2.75) is 26.2 Å². The van der Waals surface area contributed by atoms with E-state index in [1.54, 1.807) is 20.3 Å². The van der Waals surface area contributed by atoms with Gasteiger partial charge in [0, 0.05) is 23.1 Å². The van der Waals surface area contributed by atoms with Crippen LogP contribution in [0.15, 0.2) is 36.4 Å². The number of carbonyl (C=O) groups is 2. The highest BCUT2D eigenvalue weighted by atomic mass is 16.5. The average molecular weight is 405 g/mol. The third-order valence-corrected chi connectivity index (χ3v) is 5.58. The average Bonchev–Trinajstić information content (AvgIpc) is 3.17. The first-order valence-corrected chi connectivity index (χ1v) is 9.65. The van der Waals surface area contributed by atoms with Crippen LogP contribution in [-0.4, -0.2) is 36.1 Å². The van der Waals surface area contributed by atoms with E-state index in [-0.39, 0.29) is 18.1 Å². The minimum Gasteiger partial charge on any atom is -0.493 e. The first kappa shape index (κ1) is 19.7. The molecular formula is C23H23N3O4. The van der Waals surface area contributed by atoms with Gasteiger partial charge < -0.3 is 14.8 Å². The lowest BCUT2D eigenvalue weighted by Crippen LogP contribution is -2.27. The topological polar surface area (TPSA) is 93.3 Å². The molecule has 0 bridgehead atoms. The number of nitrogens with zero attached hydrogens (tertiary/aromatic N) is 1. The van der Waals surface area contributed by atoms with Crippen molar-refractivity contribution in [2.75, 3.05) is 19.5 Å². The molecule has 1 atom stereocenters. The largest absolute Gasteiger partial charge is 0.493 e. The van der Waals surface area contributed by atoms with Crippen molar-refractivity contribution in [1.82, 2.24) is 10.2 Å². The number of Topliss-reactive ketones (excluding diaryl/α,β-unsaturated/α-hetero) is 1. The zero-order chi connectivity index (χ0) is 21.4. The molecule has 1 amide bonds. The van der Waals surface area contributed by atoms with Gasteiger partial charge >= 0.3 is 0 Å². The van der Waals surface area contributed by atoms with Gasteiger partial charge in [-0.05, 0) is 49.2 Å². The number of hydrogen-bond acceptors (Lipinski definition) is 5. The van der Waals surface area contributed by atoms with Crippen LogP contribution in [0.5, 0.6) is 11.5 Å². The van der Waals surface area contributed by atoms with Gasteiger partial charge in [0.15, 0.2) is 23.1 Å². The molecule has 0 aliphatic carbocycles. The van der Waals surface area contributed by atoms with Gasteiger partial charge in [-0.3, -0.25) is 14.7 Å². The third kappa shape index (κ3) is 3.32. The number of aryl methyl sites for hydroxylation is 2. The van der Waals surface area contributed by atoms with Crippen molar-refractivity contribution in [1.29, 1.82) is 0 Å². The van der Waals surface area contributed by atoms with Gasteiger partial charge in [-0.2, -0.15) is 5.10 Å². The summed E-state index contributed by atoms with van der Waals surface area (Å²) in [6.45, 7) is 3.97. The van der Waals surface area contributed by atoms with E-state index in [1.165, 1.54) is 0 Å². The SMILES string of the molecule is COc1ccc(-c2[nH]nc3c2C(C(=O)c2ccc(C)c(C)c2)CC(=O)N3)cc1OC. The molecular weight excluding hydrogens is 382 g/mol. The summed E-state index contributed by atoms with van der Waals surface area (Å²) in [6, 6.07) is 11.1. The first-order chi connectivity index (χ1) is 14.4. The number of fused-ring (bicyclic) bond motifs is 1. The number of aromatic amines is 1. The number of ether oxygens (including phenoxy) is 2. The van der Waals surface area contributed by atoms with E-state index < -0.39 is 5.92 Å². The minimum atomic E-state index is -0.627. The second kappa shape index (κ2) is 7.67. The number of H-pyrrole nitrogens is 1. The molecule has 1 unspecified atom stereocenters. The van der Waals surface area contributed by atoms with Gasteiger partial charge in [0.2, 0.25) is 5.91 Å². The first-order valence-electron chi connectivity index (χ1n) is 9.65. The Labute approximate surface area is 174 Å². The van der Waals surface area contributed by atoms with E-state index in [0.717, 1.165) is 16.7 Å². The lowest BCUT2D eigenvalue weighted by Gasteiger charge is -2.22. The normalized spacial score (nSPS) is 15.3. The van der Waals surface area contributed by atoms with Crippen molar-refractivity contribution in [2.24, 2.45) is 0 Å². The van der Waals surface area contributed by atoms with Crippen LogP contribution >= 0.6 is 0 Å². The lowest BCUT2D eigenvalue weighted by molar-refractivity contribution is -0.116. The highest BCUT2D eigenvalue weighted by Gasteiger charge is 2.36. The van der Waals surface area contributed by atoms with Gasteiger partial charge in [-0.25, -0.2) is 0 Å². The number of amides is 1. The summed E-state index contributed by atoms with van der Waals surface area (Å²) in [5, 5.41) is 10.0. The Morgan fingerprint density at radius 2 is 1.80 bits per heavy atom. The van der Waals surface area contributed by atoms with E-state index in [1.807, 2.05) is 44.2 Å². The van der Waals surface area contributed by atoms with E-state index in [9.17, 15) is 9.59 Å². The number of nitrogens with one attached hydrogen (secondary N) is 2. The number of anilines is 1. The quantitative estimate of drug-likeness (QED) is 0.626. The van der Waals surface area contributed by atoms with Gasteiger partial charge in [0.25, 0.3) is 0 Å². The van der Waals surface area contributed by atoms with Crippen LogP contribution < -0.4 is 14.8 Å². The van der Waals surface area contributed by atoms with Crippen LogP contribution in [-0.2, 0) is 4.79 Å². The fraction of sp³-hybridized carbons (Fsp3) is 0.261. The molecule has 0 saturated heterocycles. The van der Waals surface area contributed by atoms with E-state index in [0.29, 0.717) is 34.1 Å². The fourth-order valence-corrected chi connectivity index (χ4v) is 3.79. The molecule has 3 aromatic rings. The summed E-state index contributed by atoms with van der Waals surface area (Å²) >= 11 is 0. The smallest absolute Gasteiger partial charge is 0.226 e. The highest BCUT2D eigenvalue weighted by molar-refractivity contribution is 6.08. The predicted molar refractivity (Wildman–Crippen MR) is 113 cm³/mol. The third-order valence-electron chi connectivity index (χ3n) is 5.58. The summed E-state index contributed by atoms with van der Waals surface area (Å²) < 4.78 is 10.7. The molecule has 0 radical (unpaired) electrons. The van der Waals surface area contributed by atoms with Crippen LogP contribution in [0.1, 0.15) is 39.4 Å². The summed E-state index contributed by atoms with van der Waals surface area (Å²) in [5.74, 6) is 0.601. The Kier molecular flexibility index (Phi) is 5.03. The van der Waals surface area contributed by atoms with Crippen LogP contribution in [0, 0.1) is 13.8 Å². The lowest BCUT2D eigenvalue weighted by atomic mass is 9.83. The van der Waals surface area contributed by atoms with Gasteiger partial charge in [0.05, 0.1) is 25.8 Å². The number of methoxy groups -OCH3 is 2. The highest BCUT2D eigenvalue weighted by Crippen LogP contribution is 2.41. The molecule has 1 aliphatic rings. The van der Waals surface area contributed by atoms with Crippen molar-refractivity contribution < 1.29 is 19.1 Å². The van der Waals surface area contributed by atoms with Gasteiger partial charge in [0.1, 0.15) is 0 Å². The molecule has 154 valence electrons. The van der Waals surface area contributed by atoms with Crippen LogP contribution in [0.2, 0.25) is 0 Å². The second-order valence-electron chi connectivity index (χ2n) is 7.40. The predicted octanol–water partition coefficient (Wildman–Crippen LogP) is 4.02. The Balaban J connectivity index is 1.81. The number of rotatable bonds is 5. The van der Waals surface area contributed by atoms with Crippen LogP contribution in [0.25, 0.3) is 11.3 Å². The maximum Gasteiger partial charge on any atom is 0.226 e. The Hall–Kier alpha value is -3.61. The van der Waals surface area contributed by atoms with Crippen LogP contribution in [0.4, 0.5) is 5.82 Å². The van der Waals surface area contributed by atoms with Crippen molar-refractivity contribution >= 4 is 17.5 Å². The number of carbonyl (C=O) groups excluding carboxylic acids is 2. The number of aromatic nitrogens is 2. The minimum absolute atomic E-state index is 0.0680. The fourth-order valence-electron chi connectivity index (χ4n) is 3.79. The summed E-state index contributed by atoms with van der Waals surface area (Å²) in [6.07, 6.45) is 0.0680. The molecule has 0 saturated carbocycles. The molecule has 7 heteroatoms.